The van der Waals surface area contributed by atoms with Gasteiger partial charge in [-0.2, -0.15) is 0 Å². The SMILES string of the molecule is O=C(O)C1=C(Br)NNN1Cc1ccc(Cl)cc1. The first-order chi connectivity index (χ1) is 8.08. The van der Waals surface area contributed by atoms with Crippen LogP contribution in [0.25, 0.3) is 0 Å². The van der Waals surface area contributed by atoms with Gasteiger partial charge in [-0.25, -0.2) is 4.79 Å². The number of halogens is 2. The van der Waals surface area contributed by atoms with Crippen LogP contribution in [0.4, 0.5) is 0 Å². The zero-order valence-corrected chi connectivity index (χ0v) is 10.9. The van der Waals surface area contributed by atoms with Crippen molar-refractivity contribution in [2.45, 2.75) is 6.54 Å². The number of benzene rings is 1. The topological polar surface area (TPSA) is 64.6 Å². The lowest BCUT2D eigenvalue weighted by Gasteiger charge is -2.18. The lowest BCUT2D eigenvalue weighted by Crippen LogP contribution is -2.38. The maximum atomic E-state index is 11.0. The number of aliphatic carboxylic acids is 1. The monoisotopic (exact) mass is 317 g/mol. The molecule has 5 nitrogen and oxygen atoms in total. The third kappa shape index (κ3) is 2.71. The van der Waals surface area contributed by atoms with E-state index in [4.69, 9.17) is 16.7 Å². The molecule has 17 heavy (non-hydrogen) atoms. The fourth-order valence-electron chi connectivity index (χ4n) is 1.45. The van der Waals surface area contributed by atoms with Gasteiger partial charge in [0.1, 0.15) is 4.61 Å². The van der Waals surface area contributed by atoms with Crippen LogP contribution in [0.1, 0.15) is 5.56 Å². The van der Waals surface area contributed by atoms with Gasteiger partial charge in [0.25, 0.3) is 0 Å². The first-order valence-corrected chi connectivity index (χ1v) is 5.92. The highest BCUT2D eigenvalue weighted by molar-refractivity contribution is 9.11. The summed E-state index contributed by atoms with van der Waals surface area (Å²) in [5, 5.41) is 11.2. The van der Waals surface area contributed by atoms with Crippen molar-refractivity contribution in [1.29, 1.82) is 0 Å². The Morgan fingerprint density at radius 2 is 2.06 bits per heavy atom. The highest BCUT2D eigenvalue weighted by Crippen LogP contribution is 2.20. The van der Waals surface area contributed by atoms with Gasteiger partial charge >= 0.3 is 5.97 Å². The van der Waals surface area contributed by atoms with Crippen LogP contribution in [0.3, 0.4) is 0 Å². The van der Waals surface area contributed by atoms with E-state index < -0.39 is 5.97 Å². The molecule has 0 aliphatic carbocycles. The summed E-state index contributed by atoms with van der Waals surface area (Å²) in [4.78, 5) is 11.0. The van der Waals surface area contributed by atoms with Gasteiger partial charge in [0.05, 0.1) is 6.54 Å². The first-order valence-electron chi connectivity index (χ1n) is 4.74. The van der Waals surface area contributed by atoms with Gasteiger partial charge in [-0.3, -0.25) is 10.4 Å². The van der Waals surface area contributed by atoms with Gasteiger partial charge in [-0.15, -0.1) is 5.53 Å². The number of carboxylic acid groups (broad SMARTS) is 1. The number of hydrogen-bond acceptors (Lipinski definition) is 4. The molecular weight excluding hydrogens is 309 g/mol. The number of nitrogens with zero attached hydrogens (tertiary/aromatic N) is 1. The minimum atomic E-state index is -1.01. The van der Waals surface area contributed by atoms with Crippen molar-refractivity contribution in [1.82, 2.24) is 16.0 Å². The molecule has 0 fully saturated rings. The lowest BCUT2D eigenvalue weighted by molar-refractivity contribution is -0.134. The highest BCUT2D eigenvalue weighted by atomic mass is 79.9. The van der Waals surface area contributed by atoms with Gasteiger partial charge < -0.3 is 5.11 Å². The summed E-state index contributed by atoms with van der Waals surface area (Å²) in [6, 6.07) is 7.21. The highest BCUT2D eigenvalue weighted by Gasteiger charge is 2.26. The molecule has 0 spiro atoms. The van der Waals surface area contributed by atoms with E-state index in [1.807, 2.05) is 12.1 Å². The number of carbonyl (C=O) groups is 1. The van der Waals surface area contributed by atoms with Crippen molar-refractivity contribution < 1.29 is 9.90 Å². The van der Waals surface area contributed by atoms with Gasteiger partial charge in [-0.05, 0) is 33.6 Å². The number of nitrogens with one attached hydrogen (secondary N) is 2. The minimum absolute atomic E-state index is 0.139. The van der Waals surface area contributed by atoms with E-state index in [0.717, 1.165) is 5.56 Å². The second-order valence-electron chi connectivity index (χ2n) is 3.42. The molecule has 1 heterocycles. The molecule has 3 N–H and O–H groups in total. The summed E-state index contributed by atoms with van der Waals surface area (Å²) in [7, 11) is 0. The standard InChI is InChI=1S/C10H9BrClN3O2/c11-9-8(10(16)17)15(14-13-9)5-6-1-3-7(12)4-2-6/h1-4,13-14H,5H2,(H,16,17). The largest absolute Gasteiger partial charge is 0.476 e. The van der Waals surface area contributed by atoms with Gasteiger partial charge in [0.15, 0.2) is 5.70 Å². The van der Waals surface area contributed by atoms with Crippen LogP contribution in [-0.2, 0) is 11.3 Å². The quantitative estimate of drug-likeness (QED) is 0.742. The molecule has 0 atom stereocenters. The van der Waals surface area contributed by atoms with Crippen LogP contribution in [0.15, 0.2) is 34.6 Å². The molecular formula is C10H9BrClN3O2. The van der Waals surface area contributed by atoms with Crippen LogP contribution >= 0.6 is 27.5 Å². The van der Waals surface area contributed by atoms with Crippen LogP contribution in [0, 0.1) is 0 Å². The molecule has 1 aliphatic rings. The summed E-state index contributed by atoms with van der Waals surface area (Å²) in [5.41, 5.74) is 6.53. The van der Waals surface area contributed by atoms with Crippen LogP contribution in [0.5, 0.6) is 0 Å². The lowest BCUT2D eigenvalue weighted by atomic mass is 10.2. The molecule has 0 bridgehead atoms. The molecule has 2 rings (SSSR count). The molecule has 90 valence electrons. The van der Waals surface area contributed by atoms with E-state index in [1.54, 1.807) is 12.1 Å². The van der Waals surface area contributed by atoms with Crippen molar-refractivity contribution in [3.05, 3.63) is 45.2 Å². The summed E-state index contributed by atoms with van der Waals surface area (Å²) in [6.45, 7) is 0.418. The molecule has 0 saturated heterocycles. The van der Waals surface area contributed by atoms with Gasteiger partial charge in [0.2, 0.25) is 0 Å². The fraction of sp³-hybridized carbons (Fsp3) is 0.100. The van der Waals surface area contributed by atoms with E-state index in [9.17, 15) is 4.79 Å². The zero-order chi connectivity index (χ0) is 12.4. The minimum Gasteiger partial charge on any atom is -0.476 e. The molecule has 1 aromatic carbocycles. The Kier molecular flexibility index (Phi) is 3.56. The molecule has 0 amide bonds. The second-order valence-corrected chi connectivity index (χ2v) is 4.65. The second kappa shape index (κ2) is 4.95. The smallest absolute Gasteiger partial charge is 0.356 e. The Morgan fingerprint density at radius 3 is 2.65 bits per heavy atom. The van der Waals surface area contributed by atoms with Crippen molar-refractivity contribution in [2.75, 3.05) is 0 Å². The van der Waals surface area contributed by atoms with Gasteiger partial charge in [-0.1, -0.05) is 23.7 Å². The number of rotatable bonds is 3. The van der Waals surface area contributed by atoms with Crippen molar-refractivity contribution >= 4 is 33.5 Å². The molecule has 1 aromatic rings. The average Bonchev–Trinajstić information content (AvgIpc) is 2.63. The maximum Gasteiger partial charge on any atom is 0.356 e. The van der Waals surface area contributed by atoms with Crippen molar-refractivity contribution in [3.8, 4) is 0 Å². The first kappa shape index (κ1) is 12.2. The number of hydrazine groups is 2. The molecule has 0 radical (unpaired) electrons. The molecule has 0 unspecified atom stereocenters. The van der Waals surface area contributed by atoms with Crippen LogP contribution in [-0.4, -0.2) is 16.1 Å². The summed E-state index contributed by atoms with van der Waals surface area (Å²) < 4.78 is 0.402. The van der Waals surface area contributed by atoms with E-state index in [1.165, 1.54) is 5.01 Å². The Morgan fingerprint density at radius 1 is 1.41 bits per heavy atom. The third-order valence-corrected chi connectivity index (χ3v) is 3.06. The summed E-state index contributed by atoms with van der Waals surface area (Å²) >= 11 is 8.91. The predicted molar refractivity (Wildman–Crippen MR) is 66.9 cm³/mol. The number of carboxylic acids is 1. The average molecular weight is 319 g/mol. The summed E-state index contributed by atoms with van der Waals surface area (Å²) in [6.07, 6.45) is 0. The van der Waals surface area contributed by atoms with Gasteiger partial charge in [0, 0.05) is 5.02 Å². The number of hydrogen-bond donors (Lipinski definition) is 3. The zero-order valence-electron chi connectivity index (χ0n) is 8.58. The predicted octanol–water partition coefficient (Wildman–Crippen LogP) is 1.81. The van der Waals surface area contributed by atoms with E-state index in [0.29, 0.717) is 16.2 Å². The Balaban J connectivity index is 2.15. The fourth-order valence-corrected chi connectivity index (χ4v) is 2.05. The Bertz CT molecular complexity index is 475. The maximum absolute atomic E-state index is 11.0. The van der Waals surface area contributed by atoms with Crippen LogP contribution < -0.4 is 11.0 Å². The van der Waals surface area contributed by atoms with Crippen molar-refractivity contribution in [3.63, 3.8) is 0 Å². The molecule has 1 aliphatic heterocycles. The molecule has 0 aromatic heterocycles. The van der Waals surface area contributed by atoms with E-state index >= 15 is 0 Å². The van der Waals surface area contributed by atoms with E-state index in [-0.39, 0.29) is 5.70 Å². The molecule has 7 heteroatoms. The normalized spacial score (nSPS) is 15.1. The van der Waals surface area contributed by atoms with Crippen LogP contribution in [0.2, 0.25) is 5.02 Å². The Hall–Kier alpha value is -1.24. The third-order valence-electron chi connectivity index (χ3n) is 2.23. The molecule has 0 saturated carbocycles. The van der Waals surface area contributed by atoms with E-state index in [2.05, 4.69) is 26.9 Å². The summed E-state index contributed by atoms with van der Waals surface area (Å²) in [5.74, 6) is -1.01. The Labute approximate surface area is 111 Å². The van der Waals surface area contributed by atoms with Crippen molar-refractivity contribution in [2.24, 2.45) is 0 Å².